The summed E-state index contributed by atoms with van der Waals surface area (Å²) in [5.41, 5.74) is 2.56. The van der Waals surface area contributed by atoms with Gasteiger partial charge in [-0.25, -0.2) is 0 Å². The van der Waals surface area contributed by atoms with Crippen LogP contribution in [0.1, 0.15) is 22.0 Å². The molecule has 0 aliphatic carbocycles. The van der Waals surface area contributed by atoms with Gasteiger partial charge in [-0.1, -0.05) is 31.9 Å². The van der Waals surface area contributed by atoms with Gasteiger partial charge in [0.15, 0.2) is 0 Å². The molecule has 2 aromatic rings. The van der Waals surface area contributed by atoms with E-state index in [2.05, 4.69) is 78.2 Å². The lowest BCUT2D eigenvalue weighted by Crippen LogP contribution is -2.17. The van der Waals surface area contributed by atoms with Gasteiger partial charge in [0.05, 0.1) is 9.83 Å². The molecule has 1 heterocycles. The van der Waals surface area contributed by atoms with Crippen LogP contribution >= 0.6 is 59.1 Å². The summed E-state index contributed by atoms with van der Waals surface area (Å²) in [6, 6.07) is 8.75. The van der Waals surface area contributed by atoms with Gasteiger partial charge in [-0.05, 0) is 65.3 Å². The molecule has 18 heavy (non-hydrogen) atoms. The second-order valence-electron chi connectivity index (χ2n) is 3.99. The second-order valence-corrected chi connectivity index (χ2v) is 8.45. The maximum atomic E-state index is 3.55. The highest BCUT2D eigenvalue weighted by molar-refractivity contribution is 9.11. The minimum Gasteiger partial charge on any atom is -0.309 e. The molecule has 0 spiro atoms. The van der Waals surface area contributed by atoms with Crippen LogP contribution in [0.25, 0.3) is 0 Å². The number of hydrogen-bond donors (Lipinski definition) is 1. The van der Waals surface area contributed by atoms with Crippen molar-refractivity contribution in [3.63, 3.8) is 0 Å². The van der Waals surface area contributed by atoms with Crippen LogP contribution in [0.15, 0.2) is 37.0 Å². The van der Waals surface area contributed by atoms with Gasteiger partial charge in [0.1, 0.15) is 0 Å². The van der Waals surface area contributed by atoms with Crippen LogP contribution in [-0.4, -0.2) is 7.05 Å². The number of benzene rings is 1. The molecule has 1 nitrogen and oxygen atoms in total. The Balaban J connectivity index is 2.48. The van der Waals surface area contributed by atoms with E-state index in [0.717, 1.165) is 8.95 Å². The van der Waals surface area contributed by atoms with Crippen LogP contribution in [0.5, 0.6) is 0 Å². The summed E-state index contributed by atoms with van der Waals surface area (Å²) in [5.74, 6) is 0. The first-order valence-electron chi connectivity index (χ1n) is 5.40. The normalized spacial score (nSPS) is 12.7. The molecule has 0 radical (unpaired) electrons. The van der Waals surface area contributed by atoms with Crippen molar-refractivity contribution in [3.05, 3.63) is 53.0 Å². The van der Waals surface area contributed by atoms with Gasteiger partial charge in [-0.3, -0.25) is 0 Å². The van der Waals surface area contributed by atoms with E-state index in [-0.39, 0.29) is 6.04 Å². The fraction of sp³-hybridized carbons (Fsp3) is 0.231. The minimum absolute atomic E-state index is 0.210. The van der Waals surface area contributed by atoms with Gasteiger partial charge in [-0.2, -0.15) is 0 Å². The number of hydrogen-bond acceptors (Lipinski definition) is 2. The third kappa shape index (κ3) is 3.25. The quantitative estimate of drug-likeness (QED) is 0.633. The molecule has 1 atom stereocenters. The number of thiophene rings is 1. The number of aryl methyl sites for hydroxylation is 1. The first kappa shape index (κ1) is 14.7. The molecule has 0 fully saturated rings. The van der Waals surface area contributed by atoms with Crippen LogP contribution < -0.4 is 5.32 Å². The third-order valence-corrected chi connectivity index (χ3v) is 5.23. The summed E-state index contributed by atoms with van der Waals surface area (Å²) in [4.78, 5) is 1.33. The Bertz CT molecular complexity index is 545. The fourth-order valence-corrected chi connectivity index (χ4v) is 5.07. The Morgan fingerprint density at radius 3 is 2.11 bits per heavy atom. The van der Waals surface area contributed by atoms with E-state index < -0.39 is 0 Å². The van der Waals surface area contributed by atoms with Crippen molar-refractivity contribution >= 4 is 59.1 Å². The lowest BCUT2D eigenvalue weighted by atomic mass is 10.00. The monoisotopic (exact) mass is 451 g/mol. The summed E-state index contributed by atoms with van der Waals surface area (Å²) in [5, 5.41) is 3.39. The average molecular weight is 454 g/mol. The van der Waals surface area contributed by atoms with E-state index >= 15 is 0 Å². The second kappa shape index (κ2) is 6.18. The molecule has 1 N–H and O–H groups in total. The molecule has 5 heteroatoms. The lowest BCUT2D eigenvalue weighted by molar-refractivity contribution is 0.690. The molecule has 96 valence electrons. The van der Waals surface area contributed by atoms with Crippen molar-refractivity contribution < 1.29 is 0 Å². The summed E-state index contributed by atoms with van der Waals surface area (Å²) in [7, 11) is 1.99. The zero-order valence-corrected chi connectivity index (χ0v) is 15.5. The standard InChI is InChI=1S/C13H12Br3NS/c1-7-11(6-12(16)18-7)13(17-2)8-3-9(14)5-10(15)4-8/h3-6,13,17H,1-2H3. The van der Waals surface area contributed by atoms with Crippen LogP contribution in [0, 0.1) is 6.92 Å². The van der Waals surface area contributed by atoms with Gasteiger partial charge in [0, 0.05) is 13.8 Å². The van der Waals surface area contributed by atoms with Crippen molar-refractivity contribution in [2.45, 2.75) is 13.0 Å². The van der Waals surface area contributed by atoms with E-state index in [4.69, 9.17) is 0 Å². The lowest BCUT2D eigenvalue weighted by Gasteiger charge is -2.17. The molecule has 0 aliphatic rings. The third-order valence-electron chi connectivity index (χ3n) is 2.74. The first-order valence-corrected chi connectivity index (χ1v) is 8.60. The highest BCUT2D eigenvalue weighted by atomic mass is 79.9. The number of halogens is 3. The van der Waals surface area contributed by atoms with Gasteiger partial charge >= 0.3 is 0 Å². The van der Waals surface area contributed by atoms with Crippen molar-refractivity contribution in [1.29, 1.82) is 0 Å². The van der Waals surface area contributed by atoms with E-state index in [1.165, 1.54) is 19.8 Å². The maximum Gasteiger partial charge on any atom is 0.0704 e. The predicted molar refractivity (Wildman–Crippen MR) is 89.5 cm³/mol. The SMILES string of the molecule is CNC(c1cc(Br)cc(Br)c1)c1cc(Br)sc1C. The number of rotatable bonds is 3. The van der Waals surface area contributed by atoms with Crippen LogP contribution in [0.3, 0.4) is 0 Å². The Kier molecular flexibility index (Phi) is 5.06. The largest absolute Gasteiger partial charge is 0.309 e. The molecular formula is C13H12Br3NS. The Labute approximate surface area is 136 Å². The van der Waals surface area contributed by atoms with E-state index in [1.54, 1.807) is 11.3 Å². The molecule has 0 aliphatic heterocycles. The van der Waals surface area contributed by atoms with Gasteiger partial charge in [0.2, 0.25) is 0 Å². The molecule has 0 saturated carbocycles. The molecule has 1 unspecified atom stereocenters. The highest BCUT2D eigenvalue weighted by Gasteiger charge is 2.17. The van der Waals surface area contributed by atoms with Crippen molar-refractivity contribution in [1.82, 2.24) is 5.32 Å². The molecule has 0 bridgehead atoms. The summed E-state index contributed by atoms with van der Waals surface area (Å²) >= 11 is 12.4. The topological polar surface area (TPSA) is 12.0 Å². The van der Waals surface area contributed by atoms with Crippen LogP contribution in [0.4, 0.5) is 0 Å². The fourth-order valence-electron chi connectivity index (χ4n) is 1.99. The first-order chi connectivity index (χ1) is 8.51. The van der Waals surface area contributed by atoms with Crippen molar-refractivity contribution in [3.8, 4) is 0 Å². The summed E-state index contributed by atoms with van der Waals surface area (Å²) in [6.45, 7) is 2.15. The van der Waals surface area contributed by atoms with Crippen molar-refractivity contribution in [2.75, 3.05) is 7.05 Å². The summed E-state index contributed by atoms with van der Waals surface area (Å²) < 4.78 is 3.34. The van der Waals surface area contributed by atoms with Crippen LogP contribution in [-0.2, 0) is 0 Å². The average Bonchev–Trinajstić information content (AvgIpc) is 2.58. The van der Waals surface area contributed by atoms with Gasteiger partial charge in [-0.15, -0.1) is 11.3 Å². The Morgan fingerprint density at radius 1 is 1.06 bits per heavy atom. The van der Waals surface area contributed by atoms with Crippen LogP contribution in [0.2, 0.25) is 0 Å². The molecule has 0 amide bonds. The highest BCUT2D eigenvalue weighted by Crippen LogP contribution is 2.35. The Hall–Kier alpha value is 0.320. The minimum atomic E-state index is 0.210. The summed E-state index contributed by atoms with van der Waals surface area (Å²) in [6.07, 6.45) is 0. The molecule has 2 rings (SSSR count). The predicted octanol–water partition coefficient (Wildman–Crippen LogP) is 5.65. The smallest absolute Gasteiger partial charge is 0.0704 e. The molecule has 1 aromatic carbocycles. The van der Waals surface area contributed by atoms with Gasteiger partial charge in [0.25, 0.3) is 0 Å². The van der Waals surface area contributed by atoms with Crippen molar-refractivity contribution in [2.24, 2.45) is 0 Å². The molecular weight excluding hydrogens is 442 g/mol. The number of nitrogens with one attached hydrogen (secondary N) is 1. The van der Waals surface area contributed by atoms with E-state index in [0.29, 0.717) is 0 Å². The maximum absolute atomic E-state index is 3.55. The zero-order valence-electron chi connectivity index (χ0n) is 9.93. The molecule has 0 saturated heterocycles. The van der Waals surface area contributed by atoms with E-state index in [9.17, 15) is 0 Å². The van der Waals surface area contributed by atoms with E-state index in [1.807, 2.05) is 13.1 Å². The van der Waals surface area contributed by atoms with Gasteiger partial charge < -0.3 is 5.32 Å². The zero-order chi connectivity index (χ0) is 13.3. The molecule has 1 aromatic heterocycles. The Morgan fingerprint density at radius 2 is 1.67 bits per heavy atom.